The van der Waals surface area contributed by atoms with Gasteiger partial charge in [-0.25, -0.2) is 0 Å². The lowest BCUT2D eigenvalue weighted by molar-refractivity contribution is -0.110. The normalized spacial score (nSPS) is 24.0. The molecule has 166 valence electrons. The van der Waals surface area contributed by atoms with E-state index in [9.17, 15) is 5.11 Å². The average molecular weight is 434 g/mol. The Bertz CT molecular complexity index is 768. The van der Waals surface area contributed by atoms with E-state index in [1.807, 2.05) is 56.3 Å². The molecule has 0 aliphatic heterocycles. The molecule has 0 aromatic heterocycles. The van der Waals surface area contributed by atoms with Crippen molar-refractivity contribution >= 4 is 12.4 Å². The predicted octanol–water partition coefficient (Wildman–Crippen LogP) is 5.03. The van der Waals surface area contributed by atoms with Crippen LogP contribution in [0.15, 0.2) is 54.6 Å². The molecule has 1 aliphatic carbocycles. The van der Waals surface area contributed by atoms with Crippen molar-refractivity contribution in [3.63, 3.8) is 0 Å². The summed E-state index contributed by atoms with van der Waals surface area (Å²) in [6.07, 6.45) is 2.66. The molecule has 0 spiro atoms. The van der Waals surface area contributed by atoms with Crippen molar-refractivity contribution in [3.8, 4) is 5.75 Å². The zero-order valence-electron chi connectivity index (χ0n) is 18.6. The van der Waals surface area contributed by atoms with Gasteiger partial charge in [0, 0.05) is 12.5 Å². The fraction of sp³-hybridized carbons (Fsp3) is 0.520. The summed E-state index contributed by atoms with van der Waals surface area (Å²) >= 11 is 0. The highest BCUT2D eigenvalue weighted by Gasteiger charge is 2.44. The van der Waals surface area contributed by atoms with Crippen LogP contribution in [-0.2, 0) is 16.9 Å². The molecule has 0 amide bonds. The first-order valence-corrected chi connectivity index (χ1v) is 10.7. The van der Waals surface area contributed by atoms with E-state index in [1.165, 1.54) is 5.56 Å². The van der Waals surface area contributed by atoms with Crippen LogP contribution in [0.5, 0.6) is 5.75 Å². The first kappa shape index (κ1) is 24.7. The molecule has 5 heteroatoms. The zero-order chi connectivity index (χ0) is 20.9. The van der Waals surface area contributed by atoms with Gasteiger partial charge in [0.05, 0.1) is 24.4 Å². The van der Waals surface area contributed by atoms with Crippen molar-refractivity contribution in [2.75, 3.05) is 20.6 Å². The Morgan fingerprint density at radius 1 is 1.10 bits per heavy atom. The highest BCUT2D eigenvalue weighted by atomic mass is 35.5. The standard InChI is InChI=1S/C25H35NO3.ClH/c1-19(2)29-24-12-8-11-21(15-24)25(27)14-13-23(16-22(25)17-26(3)4)28-18-20-9-6-5-7-10-20;/h5-12,15,19,22-23,27H,13-14,16-18H2,1-4H3;1H. The van der Waals surface area contributed by atoms with Crippen LogP contribution < -0.4 is 4.74 Å². The minimum atomic E-state index is -0.868. The van der Waals surface area contributed by atoms with E-state index in [-0.39, 0.29) is 30.5 Å². The van der Waals surface area contributed by atoms with Gasteiger partial charge < -0.3 is 19.5 Å². The minimum Gasteiger partial charge on any atom is -0.491 e. The van der Waals surface area contributed by atoms with Crippen LogP contribution in [0.3, 0.4) is 0 Å². The Morgan fingerprint density at radius 2 is 1.83 bits per heavy atom. The topological polar surface area (TPSA) is 41.9 Å². The maximum Gasteiger partial charge on any atom is 0.120 e. The SMILES string of the molecule is CC(C)Oc1cccc(C2(O)CCC(OCc3ccccc3)CC2CN(C)C)c1.Cl. The van der Waals surface area contributed by atoms with Gasteiger partial charge in [-0.15, -0.1) is 12.4 Å². The smallest absolute Gasteiger partial charge is 0.120 e. The van der Waals surface area contributed by atoms with E-state index in [0.29, 0.717) is 13.0 Å². The van der Waals surface area contributed by atoms with Crippen molar-refractivity contribution in [1.82, 2.24) is 4.90 Å². The summed E-state index contributed by atoms with van der Waals surface area (Å²) in [6, 6.07) is 18.3. The summed E-state index contributed by atoms with van der Waals surface area (Å²) in [6.45, 7) is 5.48. The molecule has 3 atom stereocenters. The molecular weight excluding hydrogens is 398 g/mol. The Labute approximate surface area is 187 Å². The quantitative estimate of drug-likeness (QED) is 0.633. The third-order valence-corrected chi connectivity index (χ3v) is 5.69. The molecule has 1 N–H and O–H groups in total. The summed E-state index contributed by atoms with van der Waals surface area (Å²) in [5.74, 6) is 0.915. The first-order valence-electron chi connectivity index (χ1n) is 10.7. The fourth-order valence-electron chi connectivity index (χ4n) is 4.31. The van der Waals surface area contributed by atoms with Crippen molar-refractivity contribution in [1.29, 1.82) is 0 Å². The molecule has 0 radical (unpaired) electrons. The van der Waals surface area contributed by atoms with Gasteiger partial charge >= 0.3 is 0 Å². The van der Waals surface area contributed by atoms with Gasteiger partial charge in [-0.1, -0.05) is 42.5 Å². The van der Waals surface area contributed by atoms with E-state index in [4.69, 9.17) is 9.47 Å². The maximum absolute atomic E-state index is 11.8. The number of hydrogen-bond donors (Lipinski definition) is 1. The molecule has 0 heterocycles. The number of hydrogen-bond acceptors (Lipinski definition) is 4. The van der Waals surface area contributed by atoms with Crippen molar-refractivity contribution in [2.24, 2.45) is 5.92 Å². The number of halogens is 1. The van der Waals surface area contributed by atoms with E-state index < -0.39 is 5.60 Å². The Morgan fingerprint density at radius 3 is 2.50 bits per heavy atom. The van der Waals surface area contributed by atoms with Gasteiger partial charge in [0.1, 0.15) is 5.75 Å². The molecule has 0 saturated heterocycles. The molecule has 30 heavy (non-hydrogen) atoms. The Kier molecular flexibility index (Phi) is 9.17. The third kappa shape index (κ3) is 6.45. The first-order chi connectivity index (χ1) is 13.9. The largest absolute Gasteiger partial charge is 0.491 e. The number of benzene rings is 2. The summed E-state index contributed by atoms with van der Waals surface area (Å²) in [5, 5.41) is 11.8. The molecular formula is C25H36ClNO3. The third-order valence-electron chi connectivity index (χ3n) is 5.69. The lowest BCUT2D eigenvalue weighted by Gasteiger charge is -2.44. The van der Waals surface area contributed by atoms with Crippen LogP contribution in [0.25, 0.3) is 0 Å². The van der Waals surface area contributed by atoms with Crippen molar-refractivity contribution in [3.05, 3.63) is 65.7 Å². The van der Waals surface area contributed by atoms with Gasteiger partial charge in [0.25, 0.3) is 0 Å². The van der Waals surface area contributed by atoms with Crippen LogP contribution >= 0.6 is 12.4 Å². The second-order valence-electron chi connectivity index (χ2n) is 8.77. The van der Waals surface area contributed by atoms with Gasteiger partial charge in [0.2, 0.25) is 0 Å². The molecule has 2 aromatic carbocycles. The second kappa shape index (κ2) is 11.1. The fourth-order valence-corrected chi connectivity index (χ4v) is 4.31. The zero-order valence-corrected chi connectivity index (χ0v) is 19.4. The van der Waals surface area contributed by atoms with E-state index >= 15 is 0 Å². The van der Waals surface area contributed by atoms with Crippen LogP contribution in [0.1, 0.15) is 44.2 Å². The molecule has 1 aliphatic rings. The highest BCUT2D eigenvalue weighted by Crippen LogP contribution is 2.44. The van der Waals surface area contributed by atoms with E-state index in [2.05, 4.69) is 31.1 Å². The summed E-state index contributed by atoms with van der Waals surface area (Å²) in [5.41, 5.74) is 1.27. The minimum absolute atomic E-state index is 0. The molecule has 0 bridgehead atoms. The molecule has 2 aromatic rings. The second-order valence-corrected chi connectivity index (χ2v) is 8.77. The maximum atomic E-state index is 11.8. The number of aliphatic hydroxyl groups is 1. The summed E-state index contributed by atoms with van der Waals surface area (Å²) in [7, 11) is 4.13. The molecule has 4 nitrogen and oxygen atoms in total. The van der Waals surface area contributed by atoms with Crippen LogP contribution in [0.2, 0.25) is 0 Å². The lowest BCUT2D eigenvalue weighted by Crippen LogP contribution is -2.46. The van der Waals surface area contributed by atoms with Gasteiger partial charge in [-0.3, -0.25) is 0 Å². The Hall–Kier alpha value is -1.59. The molecule has 1 saturated carbocycles. The summed E-state index contributed by atoms with van der Waals surface area (Å²) < 4.78 is 12.1. The van der Waals surface area contributed by atoms with Crippen LogP contribution in [0, 0.1) is 5.92 Å². The number of rotatable bonds is 8. The average Bonchev–Trinajstić information content (AvgIpc) is 2.69. The molecule has 3 rings (SSSR count). The van der Waals surface area contributed by atoms with E-state index in [0.717, 1.165) is 30.7 Å². The van der Waals surface area contributed by atoms with Crippen molar-refractivity contribution in [2.45, 2.75) is 57.5 Å². The predicted molar refractivity (Wildman–Crippen MR) is 124 cm³/mol. The highest BCUT2D eigenvalue weighted by molar-refractivity contribution is 5.85. The monoisotopic (exact) mass is 433 g/mol. The van der Waals surface area contributed by atoms with E-state index in [1.54, 1.807) is 0 Å². The van der Waals surface area contributed by atoms with Gasteiger partial charge in [-0.05, 0) is 70.5 Å². The Balaban J connectivity index is 0.00000320. The van der Waals surface area contributed by atoms with Gasteiger partial charge in [0.15, 0.2) is 0 Å². The lowest BCUT2D eigenvalue weighted by atomic mass is 9.70. The van der Waals surface area contributed by atoms with Crippen molar-refractivity contribution < 1.29 is 14.6 Å². The number of nitrogens with zero attached hydrogens (tertiary/aromatic N) is 1. The van der Waals surface area contributed by atoms with Gasteiger partial charge in [-0.2, -0.15) is 0 Å². The summed E-state index contributed by atoms with van der Waals surface area (Å²) in [4.78, 5) is 2.16. The van der Waals surface area contributed by atoms with Crippen LogP contribution in [0.4, 0.5) is 0 Å². The molecule has 3 unspecified atom stereocenters. The number of ether oxygens (including phenoxy) is 2. The van der Waals surface area contributed by atoms with Crippen LogP contribution in [-0.4, -0.2) is 42.9 Å². The molecule has 1 fully saturated rings.